The Kier molecular flexibility index (Phi) is 2.59. The first-order valence-corrected chi connectivity index (χ1v) is 4.64. The summed E-state index contributed by atoms with van der Waals surface area (Å²) in [6.07, 6.45) is 0. The third kappa shape index (κ3) is 2.03. The van der Waals surface area contributed by atoms with Gasteiger partial charge in [0.05, 0.1) is 13.2 Å². The van der Waals surface area contributed by atoms with Gasteiger partial charge in [-0.25, -0.2) is 0 Å². The van der Waals surface area contributed by atoms with E-state index in [4.69, 9.17) is 4.74 Å². The number of nitrogens with one attached hydrogen (secondary N) is 1. The second kappa shape index (κ2) is 4.06. The van der Waals surface area contributed by atoms with Gasteiger partial charge in [-0.15, -0.1) is 0 Å². The van der Waals surface area contributed by atoms with Gasteiger partial charge in [0.25, 0.3) is 5.56 Å². The molecule has 0 spiro atoms. The number of hydrogen-bond acceptors (Lipinski definition) is 4. The lowest BCUT2D eigenvalue weighted by Crippen LogP contribution is -2.06. The highest BCUT2D eigenvalue weighted by atomic mass is 16.5. The maximum atomic E-state index is 11.2. The topological polar surface area (TPSA) is 75.2 Å². The van der Waals surface area contributed by atoms with Gasteiger partial charge >= 0.3 is 0 Å². The van der Waals surface area contributed by atoms with Crippen LogP contribution in [0.25, 0.3) is 11.4 Å². The van der Waals surface area contributed by atoms with Gasteiger partial charge in [-0.3, -0.25) is 4.79 Å². The van der Waals surface area contributed by atoms with Gasteiger partial charge in [0.1, 0.15) is 11.6 Å². The summed E-state index contributed by atoms with van der Waals surface area (Å²) in [6, 6.07) is 8.06. The Morgan fingerprint density at radius 2 is 2.19 bits per heavy atom. The standard InChI is InChI=1S/C11H10N2O3/c1-16-8-4-2-3-7(5-8)11-12-9(14)6-10(15)13-11/h2-6H,1H3,(H2,12,13,14,15). The average molecular weight is 218 g/mol. The monoisotopic (exact) mass is 218 g/mol. The van der Waals surface area contributed by atoms with Crippen LogP contribution in [0.15, 0.2) is 35.1 Å². The lowest BCUT2D eigenvalue weighted by Gasteiger charge is -2.03. The minimum absolute atomic E-state index is 0.304. The summed E-state index contributed by atoms with van der Waals surface area (Å²) in [6.45, 7) is 0. The Morgan fingerprint density at radius 1 is 1.38 bits per heavy atom. The van der Waals surface area contributed by atoms with Crippen molar-refractivity contribution in [1.29, 1.82) is 0 Å². The fraction of sp³-hybridized carbons (Fsp3) is 0.0909. The molecule has 0 bridgehead atoms. The summed E-state index contributed by atoms with van der Waals surface area (Å²) in [7, 11) is 1.55. The molecule has 0 saturated heterocycles. The van der Waals surface area contributed by atoms with Crippen LogP contribution in [0.1, 0.15) is 0 Å². The third-order valence-electron chi connectivity index (χ3n) is 2.07. The van der Waals surface area contributed by atoms with Crippen LogP contribution in [0.5, 0.6) is 11.6 Å². The van der Waals surface area contributed by atoms with E-state index in [1.165, 1.54) is 0 Å². The summed E-state index contributed by atoms with van der Waals surface area (Å²) >= 11 is 0. The number of aromatic nitrogens is 2. The molecule has 2 N–H and O–H groups in total. The third-order valence-corrected chi connectivity index (χ3v) is 2.07. The zero-order chi connectivity index (χ0) is 11.5. The normalized spacial score (nSPS) is 10.1. The van der Waals surface area contributed by atoms with Crippen LogP contribution in [0.3, 0.4) is 0 Å². The second-order valence-corrected chi connectivity index (χ2v) is 3.18. The molecule has 0 unspecified atom stereocenters. The fourth-order valence-corrected chi connectivity index (χ4v) is 1.35. The van der Waals surface area contributed by atoms with Crippen molar-refractivity contribution < 1.29 is 9.84 Å². The Morgan fingerprint density at radius 3 is 2.88 bits per heavy atom. The Hall–Kier alpha value is -2.30. The summed E-state index contributed by atoms with van der Waals surface area (Å²) in [5.41, 5.74) is 0.276. The summed E-state index contributed by atoms with van der Waals surface area (Å²) in [5.74, 6) is 0.661. The van der Waals surface area contributed by atoms with Crippen molar-refractivity contribution >= 4 is 0 Å². The number of methoxy groups -OCH3 is 1. The Balaban J connectivity index is 2.53. The lowest BCUT2D eigenvalue weighted by molar-refractivity contribution is 0.415. The second-order valence-electron chi connectivity index (χ2n) is 3.18. The van der Waals surface area contributed by atoms with Crippen molar-refractivity contribution in [3.8, 4) is 23.0 Å². The van der Waals surface area contributed by atoms with Crippen LogP contribution in [0.2, 0.25) is 0 Å². The number of nitrogens with zero attached hydrogens (tertiary/aromatic N) is 1. The highest BCUT2D eigenvalue weighted by Crippen LogP contribution is 2.20. The molecule has 0 radical (unpaired) electrons. The highest BCUT2D eigenvalue weighted by Gasteiger charge is 2.04. The van der Waals surface area contributed by atoms with Gasteiger partial charge in [-0.2, -0.15) is 4.98 Å². The zero-order valence-electron chi connectivity index (χ0n) is 8.60. The van der Waals surface area contributed by atoms with E-state index in [0.29, 0.717) is 17.1 Å². The molecule has 1 aromatic heterocycles. The molecule has 1 heterocycles. The summed E-state index contributed by atoms with van der Waals surface area (Å²) in [5, 5.41) is 9.22. The van der Waals surface area contributed by atoms with Crippen molar-refractivity contribution in [2.45, 2.75) is 0 Å². The van der Waals surface area contributed by atoms with E-state index in [1.54, 1.807) is 31.4 Å². The fourth-order valence-electron chi connectivity index (χ4n) is 1.35. The molecule has 0 aliphatic heterocycles. The number of ether oxygens (including phenoxy) is 1. The predicted octanol–water partition coefficient (Wildman–Crippen LogP) is 1.15. The van der Waals surface area contributed by atoms with E-state index >= 15 is 0 Å². The Bertz CT molecular complexity index is 563. The van der Waals surface area contributed by atoms with Gasteiger partial charge in [0.15, 0.2) is 0 Å². The first-order chi connectivity index (χ1) is 7.69. The molecule has 0 atom stereocenters. The molecule has 0 saturated carbocycles. The van der Waals surface area contributed by atoms with Crippen LogP contribution in [0.4, 0.5) is 0 Å². The molecule has 2 rings (SSSR count). The van der Waals surface area contributed by atoms with Crippen LogP contribution in [-0.4, -0.2) is 22.2 Å². The zero-order valence-corrected chi connectivity index (χ0v) is 8.60. The smallest absolute Gasteiger partial charge is 0.254 e. The van der Waals surface area contributed by atoms with E-state index in [0.717, 1.165) is 6.07 Å². The SMILES string of the molecule is COc1cccc(-c2nc(O)cc(=O)[nH]2)c1. The molecule has 5 nitrogen and oxygen atoms in total. The van der Waals surface area contributed by atoms with Crippen molar-refractivity contribution in [3.05, 3.63) is 40.7 Å². The van der Waals surface area contributed by atoms with E-state index in [9.17, 15) is 9.90 Å². The van der Waals surface area contributed by atoms with E-state index in [1.807, 2.05) is 0 Å². The van der Waals surface area contributed by atoms with Gasteiger partial charge in [0.2, 0.25) is 5.88 Å². The van der Waals surface area contributed by atoms with Crippen molar-refractivity contribution in [3.63, 3.8) is 0 Å². The van der Waals surface area contributed by atoms with Gasteiger partial charge < -0.3 is 14.8 Å². The van der Waals surface area contributed by atoms with Gasteiger partial charge in [-0.1, -0.05) is 12.1 Å². The first kappa shape index (κ1) is 10.2. The largest absolute Gasteiger partial charge is 0.497 e. The average Bonchev–Trinajstić information content (AvgIpc) is 2.28. The Labute approximate surface area is 91.4 Å². The number of H-pyrrole nitrogens is 1. The van der Waals surface area contributed by atoms with Gasteiger partial charge in [-0.05, 0) is 12.1 Å². The number of benzene rings is 1. The molecule has 82 valence electrons. The molecule has 5 heteroatoms. The van der Waals surface area contributed by atoms with Crippen LogP contribution in [-0.2, 0) is 0 Å². The lowest BCUT2D eigenvalue weighted by atomic mass is 10.2. The number of hydrogen-bond donors (Lipinski definition) is 2. The molecule has 0 aliphatic rings. The van der Waals surface area contributed by atoms with Crippen LogP contribution >= 0.6 is 0 Å². The van der Waals surface area contributed by atoms with Crippen molar-refractivity contribution in [1.82, 2.24) is 9.97 Å². The van der Waals surface area contributed by atoms with Crippen LogP contribution in [0, 0.1) is 0 Å². The molecule has 0 amide bonds. The number of aromatic amines is 1. The van der Waals surface area contributed by atoms with Crippen molar-refractivity contribution in [2.75, 3.05) is 7.11 Å². The highest BCUT2D eigenvalue weighted by molar-refractivity contribution is 5.57. The molecular weight excluding hydrogens is 208 g/mol. The van der Waals surface area contributed by atoms with Crippen LogP contribution < -0.4 is 10.3 Å². The summed E-state index contributed by atoms with van der Waals surface area (Å²) < 4.78 is 5.05. The number of rotatable bonds is 2. The van der Waals surface area contributed by atoms with E-state index < -0.39 is 5.56 Å². The predicted molar refractivity (Wildman–Crippen MR) is 58.5 cm³/mol. The molecule has 0 fully saturated rings. The molecule has 1 aromatic carbocycles. The van der Waals surface area contributed by atoms with E-state index in [2.05, 4.69) is 9.97 Å². The maximum Gasteiger partial charge on any atom is 0.254 e. The van der Waals surface area contributed by atoms with Crippen molar-refractivity contribution in [2.24, 2.45) is 0 Å². The minimum Gasteiger partial charge on any atom is -0.497 e. The summed E-state index contributed by atoms with van der Waals surface area (Å²) in [4.78, 5) is 17.5. The molecule has 0 aliphatic carbocycles. The quantitative estimate of drug-likeness (QED) is 0.792. The van der Waals surface area contributed by atoms with E-state index in [-0.39, 0.29) is 5.88 Å². The molecule has 16 heavy (non-hydrogen) atoms. The minimum atomic E-state index is -0.398. The molecule has 2 aromatic rings. The first-order valence-electron chi connectivity index (χ1n) is 4.64. The maximum absolute atomic E-state index is 11.2. The number of aromatic hydroxyl groups is 1. The molecular formula is C11H10N2O3. The van der Waals surface area contributed by atoms with Gasteiger partial charge in [0, 0.05) is 5.56 Å².